The molecule has 6 heteroatoms. The summed E-state index contributed by atoms with van der Waals surface area (Å²) >= 11 is 1.36. The van der Waals surface area contributed by atoms with Crippen LogP contribution in [0.1, 0.15) is 0 Å². The van der Waals surface area contributed by atoms with E-state index < -0.39 is 7.12 Å². The summed E-state index contributed by atoms with van der Waals surface area (Å²) in [5.74, 6) is 0. The lowest BCUT2D eigenvalue weighted by Gasteiger charge is -1.98. The number of hydrogen-bond donors (Lipinski definition) is 2. The summed E-state index contributed by atoms with van der Waals surface area (Å²) in [6.45, 7) is 0. The van der Waals surface area contributed by atoms with E-state index in [2.05, 4.69) is 9.97 Å². The van der Waals surface area contributed by atoms with Crippen LogP contribution in [0.3, 0.4) is 0 Å². The van der Waals surface area contributed by atoms with Crippen molar-refractivity contribution in [2.24, 2.45) is 0 Å². The number of hydrogen-bond acceptors (Lipinski definition) is 5. The maximum atomic E-state index is 8.70. The van der Waals surface area contributed by atoms with Crippen LogP contribution < -0.4 is 5.59 Å². The molecule has 0 aliphatic rings. The first-order chi connectivity index (χ1) is 5.24. The SMILES string of the molecule is CSc1nccc(B(O)O)n1. The molecule has 0 unspecified atom stereocenters. The second kappa shape index (κ2) is 3.70. The van der Waals surface area contributed by atoms with E-state index in [1.54, 1.807) is 0 Å². The molecule has 58 valence electrons. The normalized spacial score (nSPS) is 9.73. The van der Waals surface area contributed by atoms with Gasteiger partial charge in [-0.3, -0.25) is 0 Å². The lowest BCUT2D eigenvalue weighted by Crippen LogP contribution is -2.32. The Morgan fingerprint density at radius 3 is 2.82 bits per heavy atom. The van der Waals surface area contributed by atoms with Crippen LogP contribution in [0.4, 0.5) is 0 Å². The van der Waals surface area contributed by atoms with Crippen molar-refractivity contribution in [3.63, 3.8) is 0 Å². The zero-order valence-corrected chi connectivity index (χ0v) is 6.75. The van der Waals surface area contributed by atoms with Gasteiger partial charge in [0.25, 0.3) is 0 Å². The topological polar surface area (TPSA) is 66.2 Å². The smallest absolute Gasteiger partial charge is 0.422 e. The molecule has 11 heavy (non-hydrogen) atoms. The molecule has 0 bridgehead atoms. The molecule has 1 aromatic rings. The van der Waals surface area contributed by atoms with Gasteiger partial charge in [-0.15, -0.1) is 0 Å². The Balaban J connectivity index is 2.91. The van der Waals surface area contributed by atoms with Gasteiger partial charge in [0.05, 0.1) is 5.59 Å². The average molecular weight is 170 g/mol. The summed E-state index contributed by atoms with van der Waals surface area (Å²) in [6.07, 6.45) is 3.32. The molecule has 0 radical (unpaired) electrons. The first kappa shape index (κ1) is 8.51. The summed E-state index contributed by atoms with van der Waals surface area (Å²) < 4.78 is 0. The van der Waals surface area contributed by atoms with E-state index in [0.717, 1.165) is 0 Å². The minimum Gasteiger partial charge on any atom is -0.422 e. The van der Waals surface area contributed by atoms with Gasteiger partial charge in [-0.1, -0.05) is 11.8 Å². The van der Waals surface area contributed by atoms with Crippen molar-refractivity contribution in [3.8, 4) is 0 Å². The molecule has 2 N–H and O–H groups in total. The molecule has 1 rings (SSSR count). The quantitative estimate of drug-likeness (QED) is 0.334. The summed E-state index contributed by atoms with van der Waals surface area (Å²) in [5, 5.41) is 17.9. The van der Waals surface area contributed by atoms with Crippen LogP contribution in [-0.2, 0) is 0 Å². The summed E-state index contributed by atoms with van der Waals surface area (Å²) in [7, 11) is -1.51. The van der Waals surface area contributed by atoms with Gasteiger partial charge < -0.3 is 10.0 Å². The van der Waals surface area contributed by atoms with E-state index in [1.165, 1.54) is 24.0 Å². The van der Waals surface area contributed by atoms with Crippen molar-refractivity contribution in [1.29, 1.82) is 0 Å². The zero-order valence-electron chi connectivity index (χ0n) is 5.93. The highest BCUT2D eigenvalue weighted by Gasteiger charge is 2.12. The number of aromatic nitrogens is 2. The lowest BCUT2D eigenvalue weighted by atomic mass is 9.86. The molecule has 0 amide bonds. The second-order valence-electron chi connectivity index (χ2n) is 1.84. The van der Waals surface area contributed by atoms with Crippen molar-refractivity contribution in [2.45, 2.75) is 5.16 Å². The van der Waals surface area contributed by atoms with E-state index >= 15 is 0 Å². The standard InChI is InChI=1S/C5H7BN2O2S/c1-11-5-7-3-2-4(8-5)6(9)10/h2-3,9-10H,1H3. The third-order valence-corrected chi connectivity index (χ3v) is 1.66. The maximum Gasteiger partial charge on any atom is 0.508 e. The number of rotatable bonds is 2. The van der Waals surface area contributed by atoms with Crippen LogP contribution >= 0.6 is 11.8 Å². The molecule has 0 aliphatic heterocycles. The van der Waals surface area contributed by atoms with Crippen molar-refractivity contribution in [3.05, 3.63) is 12.3 Å². The number of thioether (sulfide) groups is 1. The van der Waals surface area contributed by atoms with Crippen LogP contribution in [0.25, 0.3) is 0 Å². The van der Waals surface area contributed by atoms with Crippen LogP contribution in [0.2, 0.25) is 0 Å². The Morgan fingerprint density at radius 1 is 1.55 bits per heavy atom. The third-order valence-electron chi connectivity index (χ3n) is 1.10. The van der Waals surface area contributed by atoms with Gasteiger partial charge >= 0.3 is 7.12 Å². The molecule has 0 aromatic carbocycles. The van der Waals surface area contributed by atoms with Crippen molar-refractivity contribution < 1.29 is 10.0 Å². The predicted octanol–water partition coefficient (Wildman–Crippen LogP) is -1.12. The first-order valence-electron chi connectivity index (χ1n) is 2.97. The molecule has 0 fully saturated rings. The molecule has 0 saturated heterocycles. The largest absolute Gasteiger partial charge is 0.508 e. The van der Waals surface area contributed by atoms with E-state index in [1.807, 2.05) is 6.26 Å². The van der Waals surface area contributed by atoms with Crippen molar-refractivity contribution >= 4 is 24.5 Å². The highest BCUT2D eigenvalue weighted by molar-refractivity contribution is 7.98. The third kappa shape index (κ3) is 2.18. The molecule has 1 heterocycles. The van der Waals surface area contributed by atoms with Gasteiger partial charge in [-0.2, -0.15) is 0 Å². The Labute approximate surface area is 68.8 Å². The minimum atomic E-state index is -1.51. The van der Waals surface area contributed by atoms with Gasteiger partial charge in [0.15, 0.2) is 5.16 Å². The minimum absolute atomic E-state index is 0.226. The summed E-state index contributed by atoms with van der Waals surface area (Å²) in [6, 6.07) is 1.46. The van der Waals surface area contributed by atoms with Gasteiger partial charge in [-0.05, 0) is 12.3 Å². The average Bonchev–Trinajstić information content (AvgIpc) is 2.05. The van der Waals surface area contributed by atoms with Gasteiger partial charge in [0.1, 0.15) is 0 Å². The maximum absolute atomic E-state index is 8.70. The van der Waals surface area contributed by atoms with Crippen LogP contribution in [0, 0.1) is 0 Å². The molecule has 0 atom stereocenters. The highest BCUT2D eigenvalue weighted by atomic mass is 32.2. The Bertz CT molecular complexity index is 246. The monoisotopic (exact) mass is 170 g/mol. The van der Waals surface area contributed by atoms with E-state index in [9.17, 15) is 0 Å². The highest BCUT2D eigenvalue weighted by Crippen LogP contribution is 2.03. The zero-order chi connectivity index (χ0) is 8.27. The number of nitrogens with zero attached hydrogens (tertiary/aromatic N) is 2. The molecule has 0 aliphatic carbocycles. The first-order valence-corrected chi connectivity index (χ1v) is 4.19. The molecule has 4 nitrogen and oxygen atoms in total. The predicted molar refractivity (Wildman–Crippen MR) is 43.6 cm³/mol. The van der Waals surface area contributed by atoms with E-state index in [-0.39, 0.29) is 5.59 Å². The van der Waals surface area contributed by atoms with Crippen LogP contribution in [0.15, 0.2) is 17.4 Å². The van der Waals surface area contributed by atoms with Gasteiger partial charge in [0, 0.05) is 6.20 Å². The summed E-state index contributed by atoms with van der Waals surface area (Å²) in [4.78, 5) is 7.71. The Morgan fingerprint density at radius 2 is 2.27 bits per heavy atom. The van der Waals surface area contributed by atoms with E-state index in [0.29, 0.717) is 5.16 Å². The summed E-state index contributed by atoms with van der Waals surface area (Å²) in [5.41, 5.74) is 0.226. The van der Waals surface area contributed by atoms with Crippen molar-refractivity contribution in [2.75, 3.05) is 6.26 Å². The van der Waals surface area contributed by atoms with E-state index in [4.69, 9.17) is 10.0 Å². The van der Waals surface area contributed by atoms with Crippen molar-refractivity contribution in [1.82, 2.24) is 9.97 Å². The molecule has 0 saturated carbocycles. The van der Waals surface area contributed by atoms with Gasteiger partial charge in [-0.25, -0.2) is 9.97 Å². The Hall–Kier alpha value is -0.585. The fourth-order valence-electron chi connectivity index (χ4n) is 0.596. The molecular formula is C5H7BN2O2S. The lowest BCUT2D eigenvalue weighted by molar-refractivity contribution is 0.423. The fourth-order valence-corrected chi connectivity index (χ4v) is 0.959. The van der Waals surface area contributed by atoms with Gasteiger partial charge in [0.2, 0.25) is 0 Å². The molecule has 1 aromatic heterocycles. The second-order valence-corrected chi connectivity index (χ2v) is 2.62. The Kier molecular flexibility index (Phi) is 2.87. The fraction of sp³-hybridized carbons (Fsp3) is 0.200. The molecular weight excluding hydrogens is 163 g/mol. The van der Waals surface area contributed by atoms with Crippen LogP contribution in [-0.4, -0.2) is 33.4 Å². The molecule has 0 spiro atoms. The van der Waals surface area contributed by atoms with Crippen LogP contribution in [0.5, 0.6) is 0 Å².